The van der Waals surface area contributed by atoms with E-state index in [1.54, 1.807) is 11.3 Å². The fraction of sp³-hybridized carbons (Fsp3) is 0.478. The van der Waals surface area contributed by atoms with Crippen LogP contribution in [0.4, 0.5) is 5.00 Å². The zero-order valence-electron chi connectivity index (χ0n) is 18.1. The molecule has 0 saturated heterocycles. The maximum Gasteiger partial charge on any atom is 0.235 e. The summed E-state index contributed by atoms with van der Waals surface area (Å²) in [6, 6.07) is 2.31. The lowest BCUT2D eigenvalue weighted by atomic mass is 9.96. The van der Waals surface area contributed by atoms with Crippen molar-refractivity contribution in [2.24, 2.45) is 0 Å². The van der Waals surface area contributed by atoms with E-state index in [0.717, 1.165) is 55.2 Å². The highest BCUT2D eigenvalue weighted by atomic mass is 32.2. The van der Waals surface area contributed by atoms with Crippen LogP contribution in [0.2, 0.25) is 0 Å². The van der Waals surface area contributed by atoms with Gasteiger partial charge in [0.2, 0.25) is 5.91 Å². The average Bonchev–Trinajstić information content (AvgIpc) is 3.51. The summed E-state index contributed by atoms with van der Waals surface area (Å²) in [4.78, 5) is 15.4. The molecule has 0 unspecified atom stereocenters. The summed E-state index contributed by atoms with van der Waals surface area (Å²) < 4.78 is 2.11. The molecule has 2 aliphatic carbocycles. The van der Waals surface area contributed by atoms with Gasteiger partial charge in [-0.3, -0.25) is 4.79 Å². The fourth-order valence-electron chi connectivity index (χ4n) is 4.63. The molecule has 1 N–H and O–H groups in total. The van der Waals surface area contributed by atoms with Crippen molar-refractivity contribution in [3.63, 3.8) is 0 Å². The first kappa shape index (κ1) is 21.7. The van der Waals surface area contributed by atoms with Gasteiger partial charge in [-0.2, -0.15) is 5.26 Å². The SMILES string of the molecule is CCn1c(SCC(=O)Nc2sc3c(c2C#N)CCCC3)nnc1-c1csc2c1CCCC2. The number of thioether (sulfide) groups is 1. The monoisotopic (exact) mass is 483 g/mol. The minimum absolute atomic E-state index is 0.106. The van der Waals surface area contributed by atoms with Crippen LogP contribution in [0.5, 0.6) is 0 Å². The number of fused-ring (bicyclic) bond motifs is 2. The summed E-state index contributed by atoms with van der Waals surface area (Å²) in [7, 11) is 0. The number of anilines is 1. The number of hydrogen-bond donors (Lipinski definition) is 1. The van der Waals surface area contributed by atoms with Crippen molar-refractivity contribution >= 4 is 45.3 Å². The van der Waals surface area contributed by atoms with Gasteiger partial charge >= 0.3 is 0 Å². The van der Waals surface area contributed by atoms with E-state index in [9.17, 15) is 10.1 Å². The Morgan fingerprint density at radius 3 is 2.69 bits per heavy atom. The highest BCUT2D eigenvalue weighted by molar-refractivity contribution is 7.99. The second-order valence-corrected chi connectivity index (χ2v) is 11.2. The summed E-state index contributed by atoms with van der Waals surface area (Å²) in [6.45, 7) is 2.85. The molecule has 2 aliphatic rings. The van der Waals surface area contributed by atoms with Gasteiger partial charge in [-0.15, -0.1) is 32.9 Å². The van der Waals surface area contributed by atoms with E-state index in [1.165, 1.54) is 51.9 Å². The Hall–Kier alpha value is -2.15. The van der Waals surface area contributed by atoms with E-state index in [1.807, 2.05) is 11.3 Å². The van der Waals surface area contributed by atoms with Gasteiger partial charge in [0.1, 0.15) is 11.1 Å². The number of thiophene rings is 2. The molecule has 0 radical (unpaired) electrons. The molecule has 0 fully saturated rings. The number of nitriles is 1. The van der Waals surface area contributed by atoms with Crippen molar-refractivity contribution in [2.75, 3.05) is 11.1 Å². The number of nitrogens with zero attached hydrogens (tertiary/aromatic N) is 4. The van der Waals surface area contributed by atoms with Gasteiger partial charge in [0.15, 0.2) is 11.0 Å². The summed E-state index contributed by atoms with van der Waals surface area (Å²) in [5.74, 6) is 1.05. The minimum Gasteiger partial charge on any atom is -0.316 e. The van der Waals surface area contributed by atoms with Crippen molar-refractivity contribution in [3.05, 3.63) is 31.8 Å². The largest absolute Gasteiger partial charge is 0.316 e. The molecule has 0 aromatic carbocycles. The second-order valence-electron chi connectivity index (χ2n) is 8.17. The van der Waals surface area contributed by atoms with Crippen LogP contribution in [-0.4, -0.2) is 26.4 Å². The molecule has 1 amide bonds. The molecule has 0 spiro atoms. The molecule has 0 aliphatic heterocycles. The Labute approximate surface area is 200 Å². The molecule has 166 valence electrons. The van der Waals surface area contributed by atoms with Gasteiger partial charge in [0.25, 0.3) is 0 Å². The van der Waals surface area contributed by atoms with E-state index < -0.39 is 0 Å². The van der Waals surface area contributed by atoms with Crippen molar-refractivity contribution < 1.29 is 4.79 Å². The molecule has 3 aromatic rings. The third-order valence-electron chi connectivity index (χ3n) is 6.20. The highest BCUT2D eigenvalue weighted by Crippen LogP contribution is 2.38. The van der Waals surface area contributed by atoms with Crippen LogP contribution < -0.4 is 5.32 Å². The molecule has 0 saturated carbocycles. The van der Waals surface area contributed by atoms with Gasteiger partial charge < -0.3 is 9.88 Å². The third kappa shape index (κ3) is 4.00. The molecule has 9 heteroatoms. The number of nitrogens with one attached hydrogen (secondary N) is 1. The van der Waals surface area contributed by atoms with Crippen LogP contribution in [0, 0.1) is 11.3 Å². The Balaban J connectivity index is 1.30. The third-order valence-corrected chi connectivity index (χ3v) is 9.47. The van der Waals surface area contributed by atoms with E-state index in [4.69, 9.17) is 0 Å². The predicted molar refractivity (Wildman–Crippen MR) is 131 cm³/mol. The van der Waals surface area contributed by atoms with Crippen LogP contribution >= 0.6 is 34.4 Å². The molecular weight excluding hydrogens is 458 g/mol. The standard InChI is InChI=1S/C23H25N5OS3/c1-2-28-21(17-12-30-18-9-5-3-8-15(17)18)26-27-23(28)31-13-20(29)25-22-16(11-24)14-7-4-6-10-19(14)32-22/h12H,2-10,13H2,1H3,(H,25,29). The number of rotatable bonds is 6. The van der Waals surface area contributed by atoms with E-state index in [0.29, 0.717) is 10.6 Å². The molecule has 3 heterocycles. The van der Waals surface area contributed by atoms with Crippen molar-refractivity contribution in [1.82, 2.24) is 14.8 Å². The van der Waals surface area contributed by atoms with Crippen LogP contribution in [0.1, 0.15) is 59.1 Å². The molecule has 5 rings (SSSR count). The summed E-state index contributed by atoms with van der Waals surface area (Å²) >= 11 is 4.80. The minimum atomic E-state index is -0.106. The van der Waals surface area contributed by atoms with Gasteiger partial charge in [-0.25, -0.2) is 0 Å². The number of carbonyl (C=O) groups is 1. The lowest BCUT2D eigenvalue weighted by Gasteiger charge is -2.13. The zero-order chi connectivity index (χ0) is 22.1. The molecule has 3 aromatic heterocycles. The summed E-state index contributed by atoms with van der Waals surface area (Å²) in [6.07, 6.45) is 9.00. The highest BCUT2D eigenvalue weighted by Gasteiger charge is 2.24. The Bertz CT molecular complexity index is 1200. The molecule has 6 nitrogen and oxygen atoms in total. The van der Waals surface area contributed by atoms with Crippen molar-refractivity contribution in [1.29, 1.82) is 5.26 Å². The zero-order valence-corrected chi connectivity index (χ0v) is 20.5. The Morgan fingerprint density at radius 2 is 1.91 bits per heavy atom. The van der Waals surface area contributed by atoms with Crippen LogP contribution in [0.15, 0.2) is 10.5 Å². The van der Waals surface area contributed by atoms with E-state index in [2.05, 4.69) is 38.5 Å². The smallest absolute Gasteiger partial charge is 0.235 e. The first-order valence-electron chi connectivity index (χ1n) is 11.2. The van der Waals surface area contributed by atoms with Gasteiger partial charge in [0.05, 0.1) is 11.3 Å². The van der Waals surface area contributed by atoms with Crippen molar-refractivity contribution in [2.45, 2.75) is 70.0 Å². The number of aromatic nitrogens is 3. The van der Waals surface area contributed by atoms with Crippen LogP contribution in [0.3, 0.4) is 0 Å². The normalized spacial score (nSPS) is 15.1. The van der Waals surface area contributed by atoms with E-state index in [-0.39, 0.29) is 11.7 Å². The quantitative estimate of drug-likeness (QED) is 0.472. The summed E-state index contributed by atoms with van der Waals surface area (Å²) in [5.41, 5.74) is 4.44. The Kier molecular flexibility index (Phi) is 6.35. The topological polar surface area (TPSA) is 83.6 Å². The molecule has 32 heavy (non-hydrogen) atoms. The first-order chi connectivity index (χ1) is 15.7. The first-order valence-corrected chi connectivity index (χ1v) is 13.9. The molecular formula is C23H25N5OS3. The Morgan fingerprint density at radius 1 is 1.16 bits per heavy atom. The lowest BCUT2D eigenvalue weighted by molar-refractivity contribution is -0.113. The average molecular weight is 484 g/mol. The maximum absolute atomic E-state index is 12.7. The second kappa shape index (κ2) is 9.38. The van der Waals surface area contributed by atoms with Gasteiger partial charge in [0, 0.05) is 27.2 Å². The van der Waals surface area contributed by atoms with E-state index >= 15 is 0 Å². The lowest BCUT2D eigenvalue weighted by Crippen LogP contribution is -2.14. The number of aryl methyl sites for hydroxylation is 2. The van der Waals surface area contributed by atoms with Crippen LogP contribution in [0.25, 0.3) is 11.4 Å². The van der Waals surface area contributed by atoms with Gasteiger partial charge in [-0.05, 0) is 69.4 Å². The van der Waals surface area contributed by atoms with Gasteiger partial charge in [-0.1, -0.05) is 11.8 Å². The predicted octanol–water partition coefficient (Wildman–Crippen LogP) is 5.45. The number of hydrogen-bond acceptors (Lipinski definition) is 7. The summed E-state index contributed by atoms with van der Waals surface area (Å²) in [5, 5.41) is 25.2. The molecule has 0 bridgehead atoms. The maximum atomic E-state index is 12.7. The fourth-order valence-corrected chi connectivity index (χ4v) is 7.81. The number of amides is 1. The van der Waals surface area contributed by atoms with Crippen molar-refractivity contribution in [3.8, 4) is 17.5 Å². The van der Waals surface area contributed by atoms with Crippen LogP contribution in [-0.2, 0) is 37.0 Å². The molecule has 0 atom stereocenters. The number of carbonyl (C=O) groups excluding carboxylic acids is 1.